The van der Waals surface area contributed by atoms with Gasteiger partial charge in [0.1, 0.15) is 5.82 Å². The molecule has 1 unspecified atom stereocenters. The molecule has 1 heterocycles. The molecular weight excluding hydrogens is 150 g/mol. The Kier molecular flexibility index (Phi) is 2.63. The molecule has 0 saturated carbocycles. The summed E-state index contributed by atoms with van der Waals surface area (Å²) in [5.41, 5.74) is 0. The third-order valence-electron chi connectivity index (χ3n) is 1.91. The zero-order valence-electron chi connectivity index (χ0n) is 7.78. The molecule has 1 aromatic heterocycles. The maximum absolute atomic E-state index is 7.14. The van der Waals surface area contributed by atoms with Crippen molar-refractivity contribution in [1.29, 1.82) is 5.41 Å². The molecule has 3 nitrogen and oxygen atoms in total. The number of hydrogen-bond acceptors (Lipinski definition) is 2. The molecule has 0 fully saturated rings. The van der Waals surface area contributed by atoms with Crippen LogP contribution in [0.3, 0.4) is 0 Å². The molecule has 0 radical (unpaired) electrons. The van der Waals surface area contributed by atoms with Crippen molar-refractivity contribution < 1.29 is 0 Å². The third-order valence-corrected chi connectivity index (χ3v) is 1.91. The summed E-state index contributed by atoms with van der Waals surface area (Å²) in [5, 5.41) is 7.14. The number of nitrogens with one attached hydrogen (secondary N) is 1. The Bertz CT molecular complexity index is 262. The number of nitrogens with zero attached hydrogens (tertiary/aromatic N) is 2. The van der Waals surface area contributed by atoms with E-state index in [0.29, 0.717) is 6.04 Å². The van der Waals surface area contributed by atoms with Crippen LogP contribution in [0.2, 0.25) is 0 Å². The highest BCUT2D eigenvalue weighted by Crippen LogP contribution is 2.15. The smallest absolute Gasteiger partial charge is 0.117 e. The van der Waals surface area contributed by atoms with E-state index in [4.69, 9.17) is 5.41 Å². The normalized spacial score (nSPS) is 13.3. The predicted octanol–water partition coefficient (Wildman–Crippen LogP) is 2.22. The van der Waals surface area contributed by atoms with Crippen LogP contribution in [0.25, 0.3) is 0 Å². The first-order valence-corrected chi connectivity index (χ1v) is 4.20. The van der Waals surface area contributed by atoms with E-state index in [-0.39, 0.29) is 5.92 Å². The molecular formula is C9H15N3. The van der Waals surface area contributed by atoms with Gasteiger partial charge in [-0.15, -0.1) is 0 Å². The highest BCUT2D eigenvalue weighted by molar-refractivity contribution is 5.62. The standard InChI is InChI=1S/C9H15N3/c1-7(2)12-5-4-11-9(12)8(3)6-10/h4-8,10H,1-3H3. The Morgan fingerprint density at radius 3 is 2.67 bits per heavy atom. The van der Waals surface area contributed by atoms with Crippen LogP contribution in [0, 0.1) is 5.41 Å². The Balaban J connectivity index is 2.98. The van der Waals surface area contributed by atoms with Crippen LogP contribution in [-0.4, -0.2) is 15.8 Å². The Labute approximate surface area is 72.9 Å². The Hall–Kier alpha value is -1.12. The second-order valence-electron chi connectivity index (χ2n) is 3.24. The van der Waals surface area contributed by atoms with Crippen molar-refractivity contribution in [3.8, 4) is 0 Å². The van der Waals surface area contributed by atoms with Gasteiger partial charge in [0.05, 0.1) is 0 Å². The van der Waals surface area contributed by atoms with E-state index in [1.807, 2.05) is 13.1 Å². The molecule has 1 N–H and O–H groups in total. The van der Waals surface area contributed by atoms with E-state index in [2.05, 4.69) is 23.4 Å². The highest BCUT2D eigenvalue weighted by Gasteiger charge is 2.10. The van der Waals surface area contributed by atoms with Crippen molar-refractivity contribution in [3.63, 3.8) is 0 Å². The summed E-state index contributed by atoms with van der Waals surface area (Å²) in [6.45, 7) is 6.21. The monoisotopic (exact) mass is 165 g/mol. The van der Waals surface area contributed by atoms with Crippen molar-refractivity contribution in [2.75, 3.05) is 0 Å². The molecule has 0 aliphatic rings. The van der Waals surface area contributed by atoms with Gasteiger partial charge >= 0.3 is 0 Å². The maximum atomic E-state index is 7.14. The highest BCUT2D eigenvalue weighted by atomic mass is 15.1. The summed E-state index contributed by atoms with van der Waals surface area (Å²) in [6.07, 6.45) is 5.16. The van der Waals surface area contributed by atoms with Crippen LogP contribution in [0.4, 0.5) is 0 Å². The van der Waals surface area contributed by atoms with Crippen LogP contribution in [0.1, 0.15) is 38.6 Å². The van der Waals surface area contributed by atoms with E-state index >= 15 is 0 Å². The van der Waals surface area contributed by atoms with Gasteiger partial charge in [0.2, 0.25) is 0 Å². The molecule has 3 heteroatoms. The Morgan fingerprint density at radius 2 is 2.17 bits per heavy atom. The summed E-state index contributed by atoms with van der Waals surface area (Å²) in [5.74, 6) is 1.09. The van der Waals surface area contributed by atoms with E-state index in [1.165, 1.54) is 6.21 Å². The van der Waals surface area contributed by atoms with E-state index in [1.54, 1.807) is 6.20 Å². The minimum atomic E-state index is 0.113. The number of hydrogen-bond donors (Lipinski definition) is 1. The molecule has 1 atom stereocenters. The fraction of sp³-hybridized carbons (Fsp3) is 0.556. The van der Waals surface area contributed by atoms with E-state index < -0.39 is 0 Å². The van der Waals surface area contributed by atoms with Crippen LogP contribution in [-0.2, 0) is 0 Å². The summed E-state index contributed by atoms with van der Waals surface area (Å²) < 4.78 is 2.09. The summed E-state index contributed by atoms with van der Waals surface area (Å²) in [7, 11) is 0. The summed E-state index contributed by atoms with van der Waals surface area (Å²) in [4.78, 5) is 4.22. The molecule has 1 aromatic rings. The average molecular weight is 165 g/mol. The van der Waals surface area contributed by atoms with Gasteiger partial charge in [-0.05, 0) is 13.8 Å². The van der Waals surface area contributed by atoms with Gasteiger partial charge in [-0.2, -0.15) is 0 Å². The average Bonchev–Trinajstić information content (AvgIpc) is 2.50. The second kappa shape index (κ2) is 3.52. The zero-order chi connectivity index (χ0) is 9.14. The molecule has 0 saturated heterocycles. The van der Waals surface area contributed by atoms with Crippen LogP contribution < -0.4 is 0 Å². The fourth-order valence-electron chi connectivity index (χ4n) is 1.19. The van der Waals surface area contributed by atoms with E-state index in [9.17, 15) is 0 Å². The van der Waals surface area contributed by atoms with Crippen molar-refractivity contribution in [3.05, 3.63) is 18.2 Å². The Morgan fingerprint density at radius 1 is 1.50 bits per heavy atom. The molecule has 0 amide bonds. The first kappa shape index (κ1) is 8.97. The van der Waals surface area contributed by atoms with Crippen LogP contribution in [0.15, 0.2) is 12.4 Å². The lowest BCUT2D eigenvalue weighted by molar-refractivity contribution is 0.565. The van der Waals surface area contributed by atoms with Gasteiger partial charge in [0.25, 0.3) is 0 Å². The number of rotatable bonds is 3. The van der Waals surface area contributed by atoms with Crippen molar-refractivity contribution in [2.24, 2.45) is 0 Å². The van der Waals surface area contributed by atoms with Crippen molar-refractivity contribution in [2.45, 2.75) is 32.7 Å². The molecule has 12 heavy (non-hydrogen) atoms. The SMILES string of the molecule is CC(C=N)c1nccn1C(C)C. The van der Waals surface area contributed by atoms with Crippen LogP contribution in [0.5, 0.6) is 0 Å². The summed E-state index contributed by atoms with van der Waals surface area (Å²) in [6, 6.07) is 0.421. The van der Waals surface area contributed by atoms with Gasteiger partial charge in [0.15, 0.2) is 0 Å². The van der Waals surface area contributed by atoms with Gasteiger partial charge in [-0.3, -0.25) is 0 Å². The summed E-state index contributed by atoms with van der Waals surface area (Å²) >= 11 is 0. The first-order valence-electron chi connectivity index (χ1n) is 4.20. The molecule has 0 aliphatic heterocycles. The van der Waals surface area contributed by atoms with Gasteiger partial charge < -0.3 is 9.98 Å². The third kappa shape index (κ3) is 1.55. The van der Waals surface area contributed by atoms with Crippen LogP contribution >= 0.6 is 0 Å². The quantitative estimate of drug-likeness (QED) is 0.685. The lowest BCUT2D eigenvalue weighted by Crippen LogP contribution is -2.08. The molecule has 0 spiro atoms. The minimum Gasteiger partial charge on any atom is -0.332 e. The van der Waals surface area contributed by atoms with Crippen molar-refractivity contribution in [1.82, 2.24) is 9.55 Å². The molecule has 0 aromatic carbocycles. The van der Waals surface area contributed by atoms with E-state index in [0.717, 1.165) is 5.82 Å². The second-order valence-corrected chi connectivity index (χ2v) is 3.24. The van der Waals surface area contributed by atoms with Crippen molar-refractivity contribution >= 4 is 6.21 Å². The molecule has 0 bridgehead atoms. The topological polar surface area (TPSA) is 41.7 Å². The lowest BCUT2D eigenvalue weighted by atomic mass is 10.2. The largest absolute Gasteiger partial charge is 0.332 e. The lowest BCUT2D eigenvalue weighted by Gasteiger charge is -2.13. The predicted molar refractivity (Wildman–Crippen MR) is 49.8 cm³/mol. The molecule has 66 valence electrons. The van der Waals surface area contributed by atoms with Gasteiger partial charge in [-0.1, -0.05) is 6.92 Å². The minimum absolute atomic E-state index is 0.113. The number of aromatic nitrogens is 2. The van der Waals surface area contributed by atoms with Gasteiger partial charge in [0, 0.05) is 30.6 Å². The molecule has 0 aliphatic carbocycles. The first-order chi connectivity index (χ1) is 5.66. The number of imidazole rings is 1. The fourth-order valence-corrected chi connectivity index (χ4v) is 1.19. The zero-order valence-corrected chi connectivity index (χ0v) is 7.78. The molecule has 1 rings (SSSR count). The van der Waals surface area contributed by atoms with Gasteiger partial charge in [-0.25, -0.2) is 4.98 Å². The maximum Gasteiger partial charge on any atom is 0.117 e.